The summed E-state index contributed by atoms with van der Waals surface area (Å²) in [6.07, 6.45) is 6.89. The van der Waals surface area contributed by atoms with Crippen LogP contribution in [0.3, 0.4) is 0 Å². The molecule has 2 atom stereocenters. The van der Waals surface area contributed by atoms with Crippen LogP contribution in [-0.4, -0.2) is 6.54 Å². The summed E-state index contributed by atoms with van der Waals surface area (Å²) in [5.41, 5.74) is 1.02. The fourth-order valence-electron chi connectivity index (χ4n) is 3.04. The molecule has 1 nitrogen and oxygen atoms in total. The van der Waals surface area contributed by atoms with E-state index in [0.29, 0.717) is 0 Å². The zero-order chi connectivity index (χ0) is 13.7. The zero-order valence-corrected chi connectivity index (χ0v) is 13.1. The van der Waals surface area contributed by atoms with E-state index in [0.717, 1.165) is 40.5 Å². The Labute approximate surface area is 126 Å². The summed E-state index contributed by atoms with van der Waals surface area (Å²) in [5, 5.41) is 4.99. The number of hydrogen-bond acceptors (Lipinski definition) is 1. The first-order valence-electron chi connectivity index (χ1n) is 7.30. The van der Waals surface area contributed by atoms with Crippen LogP contribution in [0.25, 0.3) is 0 Å². The number of benzene rings is 1. The van der Waals surface area contributed by atoms with Crippen molar-refractivity contribution in [3.63, 3.8) is 0 Å². The molecule has 3 heteroatoms. The predicted octanol–water partition coefficient (Wildman–Crippen LogP) is 5.30. The van der Waals surface area contributed by atoms with Gasteiger partial charge in [0, 0.05) is 22.2 Å². The second kappa shape index (κ2) is 7.52. The van der Waals surface area contributed by atoms with Gasteiger partial charge >= 0.3 is 0 Å². The van der Waals surface area contributed by atoms with Crippen molar-refractivity contribution in [2.24, 2.45) is 11.8 Å². The van der Waals surface area contributed by atoms with Crippen molar-refractivity contribution in [2.75, 3.05) is 6.54 Å². The van der Waals surface area contributed by atoms with Crippen molar-refractivity contribution in [2.45, 2.75) is 45.6 Å². The number of halogens is 2. The highest BCUT2D eigenvalue weighted by Crippen LogP contribution is 2.30. The molecule has 1 N–H and O–H groups in total. The minimum Gasteiger partial charge on any atom is -0.313 e. The lowest BCUT2D eigenvalue weighted by Gasteiger charge is -2.26. The molecule has 0 saturated heterocycles. The minimum absolute atomic E-state index is 0.756. The molecule has 0 amide bonds. The molecule has 1 saturated carbocycles. The Balaban J connectivity index is 1.72. The molecule has 0 heterocycles. The minimum atomic E-state index is 0.756. The highest BCUT2D eigenvalue weighted by atomic mass is 35.5. The van der Waals surface area contributed by atoms with Gasteiger partial charge < -0.3 is 5.32 Å². The molecule has 1 aliphatic rings. The molecule has 106 valence electrons. The third-order valence-corrected chi connectivity index (χ3v) is 4.85. The molecule has 1 aliphatic carbocycles. The number of nitrogens with one attached hydrogen (secondary N) is 1. The molecule has 1 fully saturated rings. The summed E-state index contributed by atoms with van der Waals surface area (Å²) in [7, 11) is 0. The third-order valence-electron chi connectivity index (χ3n) is 4.14. The van der Waals surface area contributed by atoms with Crippen LogP contribution in [-0.2, 0) is 6.54 Å². The lowest BCUT2D eigenvalue weighted by Crippen LogP contribution is -2.21. The molecule has 0 bridgehead atoms. The van der Waals surface area contributed by atoms with Crippen LogP contribution in [0.2, 0.25) is 10.0 Å². The molecule has 1 aromatic rings. The van der Waals surface area contributed by atoms with Gasteiger partial charge in [0.25, 0.3) is 0 Å². The van der Waals surface area contributed by atoms with Crippen LogP contribution in [0.15, 0.2) is 18.2 Å². The quantitative estimate of drug-likeness (QED) is 0.728. The summed E-state index contributed by atoms with van der Waals surface area (Å²) in [4.78, 5) is 0. The van der Waals surface area contributed by atoms with E-state index in [9.17, 15) is 0 Å². The normalized spacial score (nSPS) is 23.5. The molecule has 0 spiro atoms. The Hall–Kier alpha value is -0.240. The van der Waals surface area contributed by atoms with Gasteiger partial charge in [0.05, 0.1) is 0 Å². The van der Waals surface area contributed by atoms with Crippen LogP contribution in [0.5, 0.6) is 0 Å². The molecule has 0 radical (unpaired) electrons. The summed E-state index contributed by atoms with van der Waals surface area (Å²) >= 11 is 12.3. The number of rotatable bonds is 5. The predicted molar refractivity (Wildman–Crippen MR) is 83.9 cm³/mol. The van der Waals surface area contributed by atoms with Crippen LogP contribution >= 0.6 is 23.2 Å². The first kappa shape index (κ1) is 15.2. The van der Waals surface area contributed by atoms with Crippen molar-refractivity contribution in [3.8, 4) is 0 Å². The van der Waals surface area contributed by atoms with Gasteiger partial charge in [-0.15, -0.1) is 0 Å². The van der Waals surface area contributed by atoms with Crippen molar-refractivity contribution in [1.29, 1.82) is 0 Å². The summed E-state index contributed by atoms with van der Waals surface area (Å²) in [6.45, 7) is 4.20. The van der Waals surface area contributed by atoms with Crippen molar-refractivity contribution in [3.05, 3.63) is 33.8 Å². The molecule has 2 rings (SSSR count). The van der Waals surface area contributed by atoms with E-state index >= 15 is 0 Å². The fraction of sp³-hybridized carbons (Fsp3) is 0.625. The van der Waals surface area contributed by atoms with Crippen molar-refractivity contribution in [1.82, 2.24) is 5.32 Å². The van der Waals surface area contributed by atoms with Gasteiger partial charge in [-0.1, -0.05) is 55.5 Å². The molecular weight excluding hydrogens is 277 g/mol. The molecule has 1 aromatic carbocycles. The average Bonchev–Trinajstić information content (AvgIpc) is 2.37. The summed E-state index contributed by atoms with van der Waals surface area (Å²) < 4.78 is 0. The van der Waals surface area contributed by atoms with E-state index in [1.807, 2.05) is 18.2 Å². The fourth-order valence-corrected chi connectivity index (χ4v) is 3.57. The second-order valence-corrected chi connectivity index (χ2v) is 6.62. The highest BCUT2D eigenvalue weighted by Gasteiger charge is 2.18. The van der Waals surface area contributed by atoms with Gasteiger partial charge in [-0.25, -0.2) is 0 Å². The molecular formula is C16H23Cl2N. The van der Waals surface area contributed by atoms with E-state index in [1.54, 1.807) is 0 Å². The molecule has 0 aliphatic heterocycles. The van der Waals surface area contributed by atoms with Crippen molar-refractivity contribution < 1.29 is 0 Å². The van der Waals surface area contributed by atoms with Crippen LogP contribution in [0.4, 0.5) is 0 Å². The van der Waals surface area contributed by atoms with Gasteiger partial charge in [-0.2, -0.15) is 0 Å². The Bertz CT molecular complexity index is 385. The topological polar surface area (TPSA) is 12.0 Å². The molecule has 2 unspecified atom stereocenters. The monoisotopic (exact) mass is 299 g/mol. The van der Waals surface area contributed by atoms with E-state index < -0.39 is 0 Å². The Morgan fingerprint density at radius 2 is 1.95 bits per heavy atom. The zero-order valence-electron chi connectivity index (χ0n) is 11.6. The van der Waals surface area contributed by atoms with Gasteiger partial charge in [0.1, 0.15) is 0 Å². The van der Waals surface area contributed by atoms with Gasteiger partial charge in [0.2, 0.25) is 0 Å². The molecule has 0 aromatic heterocycles. The maximum absolute atomic E-state index is 6.15. The van der Waals surface area contributed by atoms with E-state index in [1.165, 1.54) is 32.1 Å². The first-order valence-corrected chi connectivity index (χ1v) is 8.06. The van der Waals surface area contributed by atoms with Gasteiger partial charge in [-0.3, -0.25) is 0 Å². The van der Waals surface area contributed by atoms with Crippen LogP contribution in [0.1, 0.15) is 44.6 Å². The van der Waals surface area contributed by atoms with Crippen LogP contribution < -0.4 is 5.32 Å². The van der Waals surface area contributed by atoms with Gasteiger partial charge in [-0.05, 0) is 43.4 Å². The SMILES string of the molecule is CC1CCCC(CCNCc2c(Cl)cccc2Cl)C1. The van der Waals surface area contributed by atoms with E-state index in [-0.39, 0.29) is 0 Å². The largest absolute Gasteiger partial charge is 0.313 e. The second-order valence-electron chi connectivity index (χ2n) is 5.80. The van der Waals surface area contributed by atoms with E-state index in [2.05, 4.69) is 12.2 Å². The highest BCUT2D eigenvalue weighted by molar-refractivity contribution is 6.35. The Morgan fingerprint density at radius 3 is 2.63 bits per heavy atom. The number of hydrogen-bond donors (Lipinski definition) is 1. The average molecular weight is 300 g/mol. The van der Waals surface area contributed by atoms with E-state index in [4.69, 9.17) is 23.2 Å². The lowest BCUT2D eigenvalue weighted by atomic mass is 9.81. The smallest absolute Gasteiger partial charge is 0.0465 e. The van der Waals surface area contributed by atoms with Gasteiger partial charge in [0.15, 0.2) is 0 Å². The van der Waals surface area contributed by atoms with Crippen LogP contribution in [0, 0.1) is 11.8 Å². The third kappa shape index (κ3) is 4.66. The maximum Gasteiger partial charge on any atom is 0.0465 e. The Kier molecular flexibility index (Phi) is 6.00. The Morgan fingerprint density at radius 1 is 1.21 bits per heavy atom. The van der Waals surface area contributed by atoms with Crippen molar-refractivity contribution >= 4 is 23.2 Å². The standard InChI is InChI=1S/C16H23Cl2N/c1-12-4-2-5-13(10-12)8-9-19-11-14-15(17)6-3-7-16(14)18/h3,6-7,12-13,19H,2,4-5,8-11H2,1H3. The molecule has 19 heavy (non-hydrogen) atoms. The summed E-state index contributed by atoms with van der Waals surface area (Å²) in [6, 6.07) is 5.68. The lowest BCUT2D eigenvalue weighted by molar-refractivity contribution is 0.267. The maximum atomic E-state index is 6.15. The first-order chi connectivity index (χ1) is 9.16. The summed E-state index contributed by atoms with van der Waals surface area (Å²) in [5.74, 6) is 1.81.